The summed E-state index contributed by atoms with van der Waals surface area (Å²) in [4.78, 5) is 17.2. The first-order chi connectivity index (χ1) is 14.4. The maximum atomic E-state index is 12.8. The Morgan fingerprint density at radius 3 is 2.63 bits per heavy atom. The number of ether oxygens (including phenoxy) is 2. The lowest BCUT2D eigenvalue weighted by Gasteiger charge is -2.13. The van der Waals surface area contributed by atoms with Gasteiger partial charge in [0.05, 0.1) is 18.7 Å². The third-order valence-corrected chi connectivity index (χ3v) is 4.70. The summed E-state index contributed by atoms with van der Waals surface area (Å²) in [6.45, 7) is 3.85. The van der Waals surface area contributed by atoms with Gasteiger partial charge in [-0.1, -0.05) is 17.3 Å². The van der Waals surface area contributed by atoms with E-state index in [-0.39, 0.29) is 29.1 Å². The van der Waals surface area contributed by atoms with Gasteiger partial charge in [0, 0.05) is 18.0 Å². The summed E-state index contributed by atoms with van der Waals surface area (Å²) in [5.74, 6) is 1.13. The van der Waals surface area contributed by atoms with Gasteiger partial charge in [0.15, 0.2) is 11.5 Å². The molecule has 0 fully saturated rings. The van der Waals surface area contributed by atoms with Gasteiger partial charge in [-0.2, -0.15) is 4.98 Å². The summed E-state index contributed by atoms with van der Waals surface area (Å²) in [6, 6.07) is 12.3. The van der Waals surface area contributed by atoms with Crippen LogP contribution >= 0.6 is 0 Å². The van der Waals surface area contributed by atoms with Crippen molar-refractivity contribution < 1.29 is 19.1 Å². The zero-order chi connectivity index (χ0) is 21.4. The molecule has 0 radical (unpaired) electrons. The lowest BCUT2D eigenvalue weighted by atomic mass is 10.1. The van der Waals surface area contributed by atoms with Crippen LogP contribution in [0, 0.1) is 0 Å². The number of hydrogen-bond donors (Lipinski definition) is 1. The Balaban J connectivity index is 1.80. The van der Waals surface area contributed by atoms with Gasteiger partial charge in [-0.15, -0.1) is 0 Å². The normalized spacial score (nSPS) is 11.2. The summed E-state index contributed by atoms with van der Waals surface area (Å²) in [5.41, 5.74) is 0.755. The lowest BCUT2D eigenvalue weighted by Crippen LogP contribution is -2.19. The molecule has 0 atom stereocenters. The van der Waals surface area contributed by atoms with Crippen LogP contribution in [0.5, 0.6) is 17.2 Å². The molecule has 2 aromatic carbocycles. The van der Waals surface area contributed by atoms with Crippen LogP contribution in [0.2, 0.25) is 0 Å². The first kappa shape index (κ1) is 19.5. The second-order valence-corrected chi connectivity index (χ2v) is 7.06. The van der Waals surface area contributed by atoms with Crippen molar-refractivity contribution in [2.24, 2.45) is 7.05 Å². The van der Waals surface area contributed by atoms with E-state index in [1.165, 1.54) is 4.57 Å². The Kier molecular flexibility index (Phi) is 4.91. The lowest BCUT2D eigenvalue weighted by molar-refractivity contribution is 0.230. The topological polar surface area (TPSA) is 99.6 Å². The standard InChI is InChI=1S/C22H21N3O5/c1-12(2)29-16-10-9-13(11-17(16)28-4)20-23-21(30-24-20)18-19(26)14-7-5-6-8-15(14)25(3)22(18)27/h5-12,26H,1-4H3. The zero-order valence-electron chi connectivity index (χ0n) is 17.0. The first-order valence-corrected chi connectivity index (χ1v) is 9.40. The minimum Gasteiger partial charge on any atom is -0.506 e. The van der Waals surface area contributed by atoms with Crippen molar-refractivity contribution in [2.75, 3.05) is 7.11 Å². The van der Waals surface area contributed by atoms with Crippen LogP contribution < -0.4 is 15.0 Å². The molecule has 2 aromatic heterocycles. The van der Waals surface area contributed by atoms with Crippen molar-refractivity contribution in [3.8, 4) is 40.1 Å². The number of hydrogen-bond acceptors (Lipinski definition) is 7. The molecule has 1 N–H and O–H groups in total. The monoisotopic (exact) mass is 407 g/mol. The predicted octanol–water partition coefficient (Wildman–Crippen LogP) is 3.76. The van der Waals surface area contributed by atoms with Gasteiger partial charge in [0.2, 0.25) is 5.82 Å². The molecule has 8 nitrogen and oxygen atoms in total. The number of benzene rings is 2. The van der Waals surface area contributed by atoms with Crippen LogP contribution in [0.25, 0.3) is 33.7 Å². The number of methoxy groups -OCH3 is 1. The molecule has 2 heterocycles. The Bertz CT molecular complexity index is 1290. The third-order valence-electron chi connectivity index (χ3n) is 4.70. The molecule has 0 aliphatic rings. The fourth-order valence-electron chi connectivity index (χ4n) is 3.27. The van der Waals surface area contributed by atoms with Crippen molar-refractivity contribution in [3.05, 3.63) is 52.8 Å². The molecule has 8 heteroatoms. The third kappa shape index (κ3) is 3.26. The highest BCUT2D eigenvalue weighted by Gasteiger charge is 2.22. The Morgan fingerprint density at radius 2 is 1.90 bits per heavy atom. The first-order valence-electron chi connectivity index (χ1n) is 9.40. The maximum absolute atomic E-state index is 12.8. The SMILES string of the molecule is COc1cc(-c2noc(-c3c(O)c4ccccc4n(C)c3=O)n2)ccc1OC(C)C. The molecule has 0 amide bonds. The van der Waals surface area contributed by atoms with Gasteiger partial charge in [0.1, 0.15) is 11.3 Å². The highest BCUT2D eigenvalue weighted by Crippen LogP contribution is 2.35. The van der Waals surface area contributed by atoms with Crippen molar-refractivity contribution in [1.82, 2.24) is 14.7 Å². The van der Waals surface area contributed by atoms with Crippen molar-refractivity contribution in [1.29, 1.82) is 0 Å². The molecule has 0 aliphatic heterocycles. The molecular formula is C22H21N3O5. The molecule has 4 rings (SSSR count). The predicted molar refractivity (Wildman–Crippen MR) is 112 cm³/mol. The number of rotatable bonds is 5. The Hall–Kier alpha value is -3.81. The molecule has 0 bridgehead atoms. The fourth-order valence-corrected chi connectivity index (χ4v) is 3.27. The maximum Gasteiger partial charge on any atom is 0.267 e. The minimum atomic E-state index is -0.431. The smallest absolute Gasteiger partial charge is 0.267 e. The van der Waals surface area contributed by atoms with Gasteiger partial charge >= 0.3 is 0 Å². The molecule has 0 saturated heterocycles. The van der Waals surface area contributed by atoms with Crippen LogP contribution in [-0.2, 0) is 7.05 Å². The van der Waals surface area contributed by atoms with E-state index in [1.54, 1.807) is 56.6 Å². The van der Waals surface area contributed by atoms with Crippen LogP contribution in [0.4, 0.5) is 0 Å². The van der Waals surface area contributed by atoms with E-state index in [9.17, 15) is 9.90 Å². The van der Waals surface area contributed by atoms with E-state index < -0.39 is 5.56 Å². The number of aryl methyl sites for hydroxylation is 1. The molecule has 0 saturated carbocycles. The van der Waals surface area contributed by atoms with Gasteiger partial charge in [-0.3, -0.25) is 4.79 Å². The molecule has 4 aromatic rings. The van der Waals surface area contributed by atoms with Crippen LogP contribution in [-0.4, -0.2) is 33.0 Å². The number of aromatic hydroxyl groups is 1. The average Bonchev–Trinajstić information content (AvgIpc) is 3.22. The summed E-state index contributed by atoms with van der Waals surface area (Å²) in [6.07, 6.45) is -0.00591. The van der Waals surface area contributed by atoms with Gasteiger partial charge in [0.25, 0.3) is 11.4 Å². The molecular weight excluding hydrogens is 386 g/mol. The molecule has 0 aliphatic carbocycles. The van der Waals surface area contributed by atoms with E-state index in [1.807, 2.05) is 13.8 Å². The van der Waals surface area contributed by atoms with Crippen molar-refractivity contribution in [3.63, 3.8) is 0 Å². The van der Waals surface area contributed by atoms with Gasteiger partial charge < -0.3 is 23.7 Å². The average molecular weight is 407 g/mol. The zero-order valence-corrected chi connectivity index (χ0v) is 17.0. The van der Waals surface area contributed by atoms with E-state index in [4.69, 9.17) is 14.0 Å². The second-order valence-electron chi connectivity index (χ2n) is 7.06. The molecule has 0 spiro atoms. The van der Waals surface area contributed by atoms with E-state index in [2.05, 4.69) is 10.1 Å². The van der Waals surface area contributed by atoms with E-state index in [0.29, 0.717) is 28.0 Å². The van der Waals surface area contributed by atoms with E-state index in [0.717, 1.165) is 0 Å². The molecule has 154 valence electrons. The fraction of sp³-hybridized carbons (Fsp3) is 0.227. The Morgan fingerprint density at radius 1 is 1.13 bits per heavy atom. The van der Waals surface area contributed by atoms with E-state index >= 15 is 0 Å². The van der Waals surface area contributed by atoms with Crippen LogP contribution in [0.3, 0.4) is 0 Å². The Labute approximate surface area is 172 Å². The number of para-hydroxylation sites is 1. The van der Waals surface area contributed by atoms with Crippen LogP contribution in [0.15, 0.2) is 51.8 Å². The van der Waals surface area contributed by atoms with Crippen LogP contribution in [0.1, 0.15) is 13.8 Å². The highest BCUT2D eigenvalue weighted by atomic mass is 16.5. The van der Waals surface area contributed by atoms with Crippen molar-refractivity contribution >= 4 is 10.9 Å². The highest BCUT2D eigenvalue weighted by molar-refractivity contribution is 5.90. The number of aromatic nitrogens is 3. The summed E-state index contributed by atoms with van der Waals surface area (Å²) in [7, 11) is 3.17. The van der Waals surface area contributed by atoms with Crippen molar-refractivity contribution in [2.45, 2.75) is 20.0 Å². The second kappa shape index (κ2) is 7.55. The number of fused-ring (bicyclic) bond motifs is 1. The largest absolute Gasteiger partial charge is 0.506 e. The number of pyridine rings is 1. The summed E-state index contributed by atoms with van der Waals surface area (Å²) < 4.78 is 17.9. The molecule has 0 unspecified atom stereocenters. The quantitative estimate of drug-likeness (QED) is 0.538. The molecule has 30 heavy (non-hydrogen) atoms. The summed E-state index contributed by atoms with van der Waals surface area (Å²) in [5, 5.41) is 15.2. The minimum absolute atomic E-state index is 0.00591. The van der Waals surface area contributed by atoms with Gasteiger partial charge in [-0.25, -0.2) is 0 Å². The van der Waals surface area contributed by atoms with Gasteiger partial charge in [-0.05, 0) is 44.2 Å². The summed E-state index contributed by atoms with van der Waals surface area (Å²) >= 11 is 0. The number of nitrogens with zero attached hydrogens (tertiary/aromatic N) is 3.